The summed E-state index contributed by atoms with van der Waals surface area (Å²) in [6, 6.07) is 12.8. The molecule has 0 fully saturated rings. The number of nitrogens with two attached hydrogens (primary N) is 1. The van der Waals surface area contributed by atoms with Gasteiger partial charge in [-0.3, -0.25) is 9.69 Å². The molecule has 0 bridgehead atoms. The third-order valence-corrected chi connectivity index (χ3v) is 3.68. The minimum Gasteiger partial charge on any atom is -0.479 e. The molecule has 0 aliphatic carbocycles. The second-order valence-electron chi connectivity index (χ2n) is 5.01. The van der Waals surface area contributed by atoms with E-state index in [1.54, 1.807) is 24.0 Å². The molecule has 0 radical (unpaired) electrons. The third kappa shape index (κ3) is 2.54. The van der Waals surface area contributed by atoms with Crippen LogP contribution in [0.25, 0.3) is 0 Å². The Morgan fingerprint density at radius 3 is 2.81 bits per heavy atom. The Kier molecular flexibility index (Phi) is 3.47. The van der Waals surface area contributed by atoms with Crippen molar-refractivity contribution in [2.75, 3.05) is 10.6 Å². The van der Waals surface area contributed by atoms with Gasteiger partial charge in [-0.25, -0.2) is 0 Å². The first-order valence-electron chi connectivity index (χ1n) is 6.67. The lowest BCUT2D eigenvalue weighted by Crippen LogP contribution is -2.44. The predicted molar refractivity (Wildman–Crippen MR) is 83.6 cm³/mol. The van der Waals surface area contributed by atoms with Crippen LogP contribution in [0.2, 0.25) is 5.02 Å². The van der Waals surface area contributed by atoms with Crippen LogP contribution >= 0.6 is 11.6 Å². The van der Waals surface area contributed by atoms with Gasteiger partial charge in [0, 0.05) is 5.02 Å². The second kappa shape index (κ2) is 5.30. The number of ether oxygens (including phenoxy) is 1. The average Bonchev–Trinajstić information content (AvgIpc) is 2.44. The van der Waals surface area contributed by atoms with E-state index in [0.717, 1.165) is 5.56 Å². The molecule has 21 heavy (non-hydrogen) atoms. The zero-order chi connectivity index (χ0) is 15.0. The Labute approximate surface area is 128 Å². The summed E-state index contributed by atoms with van der Waals surface area (Å²) in [4.78, 5) is 14.1. The Balaban J connectivity index is 2.03. The Hall–Kier alpha value is -2.20. The fourth-order valence-corrected chi connectivity index (χ4v) is 2.68. The number of nitrogen functional groups attached to an aromatic ring is 1. The quantitative estimate of drug-likeness (QED) is 0.867. The lowest BCUT2D eigenvalue weighted by molar-refractivity contribution is -0.125. The van der Waals surface area contributed by atoms with Gasteiger partial charge in [-0.05, 0) is 36.8 Å². The number of fused-ring (bicyclic) bond motifs is 1. The van der Waals surface area contributed by atoms with Crippen molar-refractivity contribution in [3.05, 3.63) is 53.1 Å². The Bertz CT molecular complexity index is 702. The minimum atomic E-state index is -0.529. The van der Waals surface area contributed by atoms with Gasteiger partial charge >= 0.3 is 0 Å². The number of anilines is 2. The molecule has 1 amide bonds. The molecule has 3 rings (SSSR count). The van der Waals surface area contributed by atoms with Crippen molar-refractivity contribution in [1.29, 1.82) is 0 Å². The highest BCUT2D eigenvalue weighted by Crippen LogP contribution is 2.39. The molecule has 1 atom stereocenters. The summed E-state index contributed by atoms with van der Waals surface area (Å²) in [5, 5.41) is 0.641. The lowest BCUT2D eigenvalue weighted by atomic mass is 10.1. The van der Waals surface area contributed by atoms with Crippen LogP contribution in [0.3, 0.4) is 0 Å². The molecule has 0 saturated carbocycles. The van der Waals surface area contributed by atoms with E-state index in [2.05, 4.69) is 0 Å². The highest BCUT2D eigenvalue weighted by Gasteiger charge is 2.32. The third-order valence-electron chi connectivity index (χ3n) is 3.45. The lowest BCUT2D eigenvalue weighted by Gasteiger charge is -2.34. The van der Waals surface area contributed by atoms with Crippen molar-refractivity contribution >= 4 is 28.9 Å². The highest BCUT2D eigenvalue weighted by molar-refractivity contribution is 6.30. The van der Waals surface area contributed by atoms with E-state index in [1.807, 2.05) is 30.3 Å². The number of para-hydroxylation sites is 1. The molecule has 5 heteroatoms. The van der Waals surface area contributed by atoms with Gasteiger partial charge in [0.2, 0.25) is 0 Å². The Morgan fingerprint density at radius 1 is 1.29 bits per heavy atom. The molecule has 0 saturated heterocycles. The van der Waals surface area contributed by atoms with Gasteiger partial charge in [0.25, 0.3) is 5.91 Å². The summed E-state index contributed by atoms with van der Waals surface area (Å²) in [5.74, 6) is 0.518. The number of halogens is 1. The maximum absolute atomic E-state index is 12.4. The average molecular weight is 303 g/mol. The first-order valence-corrected chi connectivity index (χ1v) is 7.05. The van der Waals surface area contributed by atoms with Crippen LogP contribution in [0.4, 0.5) is 11.4 Å². The number of carbonyl (C=O) groups excluding carboxylic acids is 1. The van der Waals surface area contributed by atoms with Crippen LogP contribution < -0.4 is 15.4 Å². The van der Waals surface area contributed by atoms with E-state index in [0.29, 0.717) is 28.7 Å². The fourth-order valence-electron chi connectivity index (χ4n) is 2.47. The van der Waals surface area contributed by atoms with E-state index >= 15 is 0 Å². The molecule has 2 N–H and O–H groups in total. The van der Waals surface area contributed by atoms with Gasteiger partial charge in [-0.1, -0.05) is 29.8 Å². The number of benzene rings is 2. The largest absolute Gasteiger partial charge is 0.479 e. The van der Waals surface area contributed by atoms with Crippen LogP contribution in [-0.4, -0.2) is 12.0 Å². The summed E-state index contributed by atoms with van der Waals surface area (Å²) in [5.41, 5.74) is 8.12. The van der Waals surface area contributed by atoms with E-state index in [1.165, 1.54) is 0 Å². The molecule has 0 spiro atoms. The van der Waals surface area contributed by atoms with Gasteiger partial charge in [0.1, 0.15) is 11.4 Å². The summed E-state index contributed by atoms with van der Waals surface area (Å²) >= 11 is 6.01. The van der Waals surface area contributed by atoms with E-state index in [-0.39, 0.29) is 5.91 Å². The van der Waals surface area contributed by atoms with E-state index in [9.17, 15) is 4.79 Å². The summed E-state index contributed by atoms with van der Waals surface area (Å²) in [6.45, 7) is 2.15. The first kappa shape index (κ1) is 13.8. The maximum Gasteiger partial charge on any atom is 0.268 e. The number of nitrogens with zero attached hydrogens (tertiary/aromatic N) is 1. The minimum absolute atomic E-state index is 0.111. The first-order chi connectivity index (χ1) is 10.1. The number of amides is 1. The SMILES string of the molecule is CC1Oc2cccc(N)c2N(Cc2cccc(Cl)c2)C1=O. The summed E-state index contributed by atoms with van der Waals surface area (Å²) in [7, 11) is 0. The van der Waals surface area contributed by atoms with Gasteiger partial charge in [0.05, 0.1) is 12.2 Å². The van der Waals surface area contributed by atoms with Gasteiger partial charge in [-0.15, -0.1) is 0 Å². The number of rotatable bonds is 2. The van der Waals surface area contributed by atoms with Crippen LogP contribution in [0.1, 0.15) is 12.5 Å². The van der Waals surface area contributed by atoms with Crippen molar-refractivity contribution in [1.82, 2.24) is 0 Å². The van der Waals surface area contributed by atoms with Gasteiger partial charge in [0.15, 0.2) is 6.10 Å². The van der Waals surface area contributed by atoms with Crippen molar-refractivity contribution in [3.63, 3.8) is 0 Å². The van der Waals surface area contributed by atoms with Gasteiger partial charge < -0.3 is 10.5 Å². The molecule has 4 nitrogen and oxygen atoms in total. The fraction of sp³-hybridized carbons (Fsp3) is 0.188. The molecule has 1 aliphatic rings. The van der Waals surface area contributed by atoms with Crippen molar-refractivity contribution in [2.24, 2.45) is 0 Å². The molecule has 2 aromatic carbocycles. The second-order valence-corrected chi connectivity index (χ2v) is 5.44. The molecule has 1 unspecified atom stereocenters. The van der Waals surface area contributed by atoms with Crippen LogP contribution in [-0.2, 0) is 11.3 Å². The maximum atomic E-state index is 12.4. The molecule has 108 valence electrons. The van der Waals surface area contributed by atoms with Crippen LogP contribution in [0, 0.1) is 0 Å². The topological polar surface area (TPSA) is 55.6 Å². The normalized spacial score (nSPS) is 17.3. The van der Waals surface area contributed by atoms with Crippen molar-refractivity contribution < 1.29 is 9.53 Å². The molecular formula is C16H15ClN2O2. The molecule has 0 aromatic heterocycles. The summed E-state index contributed by atoms with van der Waals surface area (Å²) < 4.78 is 5.62. The summed E-state index contributed by atoms with van der Waals surface area (Å²) in [6.07, 6.45) is -0.529. The van der Waals surface area contributed by atoms with Crippen molar-refractivity contribution in [2.45, 2.75) is 19.6 Å². The number of carbonyl (C=O) groups is 1. The zero-order valence-electron chi connectivity index (χ0n) is 11.5. The van der Waals surface area contributed by atoms with E-state index in [4.69, 9.17) is 22.1 Å². The van der Waals surface area contributed by atoms with Crippen LogP contribution in [0.15, 0.2) is 42.5 Å². The zero-order valence-corrected chi connectivity index (χ0v) is 12.3. The standard InChI is InChI=1S/C16H15ClN2O2/c1-10-16(20)19(9-11-4-2-5-12(17)8-11)15-13(18)6-3-7-14(15)21-10/h2-8,10H,9,18H2,1H3. The molecule has 1 aliphatic heterocycles. The molecule has 1 heterocycles. The predicted octanol–water partition coefficient (Wildman–Crippen LogP) is 3.24. The number of hydrogen-bond donors (Lipinski definition) is 1. The Morgan fingerprint density at radius 2 is 2.05 bits per heavy atom. The molecular weight excluding hydrogens is 288 g/mol. The highest BCUT2D eigenvalue weighted by atomic mass is 35.5. The van der Waals surface area contributed by atoms with Crippen LogP contribution in [0.5, 0.6) is 5.75 Å². The monoisotopic (exact) mass is 302 g/mol. The van der Waals surface area contributed by atoms with E-state index < -0.39 is 6.10 Å². The number of hydrogen-bond acceptors (Lipinski definition) is 3. The van der Waals surface area contributed by atoms with Gasteiger partial charge in [-0.2, -0.15) is 0 Å². The molecule has 2 aromatic rings. The van der Waals surface area contributed by atoms with Crippen molar-refractivity contribution in [3.8, 4) is 5.75 Å². The smallest absolute Gasteiger partial charge is 0.268 e.